The highest BCUT2D eigenvalue weighted by Gasteiger charge is 2.21. The molecule has 0 saturated carbocycles. The minimum absolute atomic E-state index is 1.23. The van der Waals surface area contributed by atoms with E-state index in [9.17, 15) is 0 Å². The van der Waals surface area contributed by atoms with E-state index in [0.29, 0.717) is 0 Å². The zero-order chi connectivity index (χ0) is 51.5. The first-order valence-corrected chi connectivity index (χ1v) is 27.1. The van der Waals surface area contributed by atoms with Crippen LogP contribution in [0.15, 0.2) is 303 Å². The highest BCUT2D eigenvalue weighted by Crippen LogP contribution is 2.48. The zero-order valence-corrected chi connectivity index (χ0v) is 42.9. The van der Waals surface area contributed by atoms with Crippen molar-refractivity contribution >= 4 is 97.0 Å². The minimum Gasteiger partial charge on any atom is -0.0616 e. The van der Waals surface area contributed by atoms with Crippen molar-refractivity contribution in [2.24, 2.45) is 0 Å². The molecule has 0 atom stereocenters. The second kappa shape index (κ2) is 18.9. The molecule has 0 aliphatic heterocycles. The molecule has 0 amide bonds. The molecule has 16 rings (SSSR count). The summed E-state index contributed by atoms with van der Waals surface area (Å²) in [5, 5.41) is 22.9. The molecule has 0 heterocycles. The van der Waals surface area contributed by atoms with Crippen LogP contribution in [0.25, 0.3) is 153 Å². The van der Waals surface area contributed by atoms with Crippen LogP contribution in [-0.4, -0.2) is 0 Å². The first-order valence-electron chi connectivity index (χ1n) is 27.1. The molecule has 0 N–H and O–H groups in total. The molecule has 0 heteroatoms. The van der Waals surface area contributed by atoms with Gasteiger partial charge in [-0.05, 0) is 177 Å². The average Bonchev–Trinajstić information content (AvgIpc) is 3.68. The van der Waals surface area contributed by atoms with Gasteiger partial charge >= 0.3 is 0 Å². The quantitative estimate of drug-likeness (QED) is 0.151. The summed E-state index contributed by atoms with van der Waals surface area (Å²) in [4.78, 5) is 0. The van der Waals surface area contributed by atoms with Crippen LogP contribution < -0.4 is 0 Å². The van der Waals surface area contributed by atoms with Gasteiger partial charge in [0, 0.05) is 0 Å². The van der Waals surface area contributed by atoms with E-state index in [2.05, 4.69) is 303 Å². The summed E-state index contributed by atoms with van der Waals surface area (Å²) in [6.45, 7) is 0. The number of benzene rings is 16. The fraction of sp³-hybridized carbons (Fsp3) is 0. The fourth-order valence-electron chi connectivity index (χ4n) is 12.6. The van der Waals surface area contributed by atoms with Crippen molar-refractivity contribution in [3.8, 4) is 55.6 Å². The summed E-state index contributed by atoms with van der Waals surface area (Å²) in [5.74, 6) is 0. The van der Waals surface area contributed by atoms with Gasteiger partial charge < -0.3 is 0 Å². The highest BCUT2D eigenvalue weighted by atomic mass is 14.2. The smallest absolute Gasteiger partial charge is 0.00201 e. The molecule has 0 nitrogen and oxygen atoms in total. The summed E-state index contributed by atoms with van der Waals surface area (Å²) < 4.78 is 0. The predicted octanol–water partition coefficient (Wildman–Crippen LogP) is 22.1. The summed E-state index contributed by atoms with van der Waals surface area (Å²) >= 11 is 0. The third kappa shape index (κ3) is 7.69. The van der Waals surface area contributed by atoms with Crippen LogP contribution in [0.5, 0.6) is 0 Å². The Hall–Kier alpha value is -10.1. The third-order valence-corrected chi connectivity index (χ3v) is 16.2. The third-order valence-electron chi connectivity index (χ3n) is 16.2. The lowest BCUT2D eigenvalue weighted by atomic mass is 9.84. The normalized spacial score (nSPS) is 11.6. The number of fused-ring (bicyclic) bond motifs is 9. The lowest BCUT2D eigenvalue weighted by molar-refractivity contribution is 1.66. The van der Waals surface area contributed by atoms with Crippen LogP contribution in [0, 0.1) is 0 Å². The average molecular weight is 987 g/mol. The maximum Gasteiger partial charge on any atom is -0.00201 e. The Morgan fingerprint density at radius 1 is 0.128 bits per heavy atom. The van der Waals surface area contributed by atoms with E-state index < -0.39 is 0 Å². The van der Waals surface area contributed by atoms with Gasteiger partial charge in [-0.25, -0.2) is 0 Å². The Balaban J connectivity index is 0.000000140. The van der Waals surface area contributed by atoms with E-state index in [0.717, 1.165) is 0 Å². The monoisotopic (exact) mass is 986 g/mol. The van der Waals surface area contributed by atoms with E-state index in [1.807, 2.05) is 0 Å². The molecule has 16 aromatic carbocycles. The van der Waals surface area contributed by atoms with Crippen LogP contribution in [0.3, 0.4) is 0 Å². The van der Waals surface area contributed by atoms with Gasteiger partial charge in [0.25, 0.3) is 0 Å². The molecule has 0 bridgehead atoms. The first-order chi connectivity index (χ1) is 38.7. The van der Waals surface area contributed by atoms with Crippen molar-refractivity contribution in [2.75, 3.05) is 0 Å². The van der Waals surface area contributed by atoms with Crippen LogP contribution in [0.1, 0.15) is 0 Å². The molecule has 0 radical (unpaired) electrons. The molecule has 0 fully saturated rings. The maximum atomic E-state index is 2.42. The van der Waals surface area contributed by atoms with Crippen molar-refractivity contribution in [1.29, 1.82) is 0 Å². The van der Waals surface area contributed by atoms with E-state index >= 15 is 0 Å². The van der Waals surface area contributed by atoms with E-state index in [1.54, 1.807) is 0 Å². The van der Waals surface area contributed by atoms with Gasteiger partial charge in [-0.2, -0.15) is 0 Å². The number of hydrogen-bond donors (Lipinski definition) is 0. The lowest BCUT2D eigenvalue weighted by Crippen LogP contribution is -1.92. The molecule has 0 aromatic heterocycles. The predicted molar refractivity (Wildman–Crippen MR) is 338 cm³/mol. The van der Waals surface area contributed by atoms with Gasteiger partial charge in [0.15, 0.2) is 0 Å². The summed E-state index contributed by atoms with van der Waals surface area (Å²) in [6, 6.07) is 111. The Bertz CT molecular complexity index is 4830. The van der Waals surface area contributed by atoms with Gasteiger partial charge in [0.05, 0.1) is 0 Å². The Morgan fingerprint density at radius 3 is 0.821 bits per heavy atom. The van der Waals surface area contributed by atoms with Gasteiger partial charge in [-0.15, -0.1) is 0 Å². The molecule has 0 spiro atoms. The van der Waals surface area contributed by atoms with Crippen LogP contribution >= 0.6 is 0 Å². The SMILES string of the molecule is c1ccc2c(-c3c4ccccc4c(-c4cccc5ccccc45)c4ccccc34)cccc2c1.c1ccc2cc(-c3ccc4c(-c5ccc6ccccc6c5)c5ccccc5c(-c5ccc6ccccc6c5)c4c3)ccc2c1. The molecular formula is C78H50. The molecule has 362 valence electrons. The highest BCUT2D eigenvalue weighted by molar-refractivity contribution is 6.26. The van der Waals surface area contributed by atoms with Crippen molar-refractivity contribution in [2.45, 2.75) is 0 Å². The topological polar surface area (TPSA) is 0 Å². The fourth-order valence-corrected chi connectivity index (χ4v) is 12.6. The Morgan fingerprint density at radius 2 is 0.397 bits per heavy atom. The van der Waals surface area contributed by atoms with Gasteiger partial charge in [-0.3, -0.25) is 0 Å². The molecule has 0 unspecified atom stereocenters. The minimum atomic E-state index is 1.23. The van der Waals surface area contributed by atoms with Crippen molar-refractivity contribution in [1.82, 2.24) is 0 Å². The Kier molecular flexibility index (Phi) is 11.0. The van der Waals surface area contributed by atoms with Gasteiger partial charge in [0.1, 0.15) is 0 Å². The second-order valence-electron chi connectivity index (χ2n) is 20.6. The van der Waals surface area contributed by atoms with E-state index in [-0.39, 0.29) is 0 Å². The molecular weight excluding hydrogens is 937 g/mol. The lowest BCUT2D eigenvalue weighted by Gasteiger charge is -2.19. The van der Waals surface area contributed by atoms with E-state index in [4.69, 9.17) is 0 Å². The molecule has 0 aliphatic carbocycles. The molecule has 0 aliphatic rings. The summed E-state index contributed by atoms with van der Waals surface area (Å²) in [6.07, 6.45) is 0. The van der Waals surface area contributed by atoms with Crippen molar-refractivity contribution in [3.63, 3.8) is 0 Å². The Labute approximate surface area is 453 Å². The summed E-state index contributed by atoms with van der Waals surface area (Å²) in [7, 11) is 0. The molecule has 16 aromatic rings. The first kappa shape index (κ1) is 45.3. The maximum absolute atomic E-state index is 2.42. The molecule has 0 saturated heterocycles. The molecule has 78 heavy (non-hydrogen) atoms. The summed E-state index contributed by atoms with van der Waals surface area (Å²) in [5.41, 5.74) is 12.7. The second-order valence-corrected chi connectivity index (χ2v) is 20.6. The van der Waals surface area contributed by atoms with Gasteiger partial charge in [0.2, 0.25) is 0 Å². The van der Waals surface area contributed by atoms with Crippen LogP contribution in [0.4, 0.5) is 0 Å². The zero-order valence-electron chi connectivity index (χ0n) is 42.9. The van der Waals surface area contributed by atoms with Crippen LogP contribution in [0.2, 0.25) is 0 Å². The number of hydrogen-bond acceptors (Lipinski definition) is 0. The van der Waals surface area contributed by atoms with Crippen molar-refractivity contribution < 1.29 is 0 Å². The van der Waals surface area contributed by atoms with Gasteiger partial charge in [-0.1, -0.05) is 279 Å². The van der Waals surface area contributed by atoms with E-state index in [1.165, 1.54) is 153 Å². The standard InChI is InChI=1S/C44H28.C34H22/c1-4-12-32-25-35(20-17-29(32)9-1)36-23-24-41-42(28-36)44(38-22-19-31-11-3-6-14-34(31)27-38)40-16-8-7-15-39(40)43(41)37-21-18-30-10-2-5-13-33(30)26-37;1-3-15-25-23(11-1)13-9-21-27(25)33-29-17-5-7-19-31(29)34(32-20-8-6-18-30(32)33)28-22-10-14-24-12-2-4-16-26(24)28/h1-28H;1-22H. The number of rotatable bonds is 5. The van der Waals surface area contributed by atoms with Crippen molar-refractivity contribution in [3.05, 3.63) is 303 Å². The largest absolute Gasteiger partial charge is 0.0616 e. The van der Waals surface area contributed by atoms with Crippen LogP contribution in [-0.2, 0) is 0 Å².